The fraction of sp³-hybridized carbons (Fsp3) is 0.526. The minimum atomic E-state index is 0.107. The Bertz CT molecular complexity index is 619. The monoisotopic (exact) mass is 298 g/mol. The molecule has 3 heteroatoms. The first-order valence-corrected chi connectivity index (χ1v) is 8.32. The van der Waals surface area contributed by atoms with E-state index in [1.54, 1.807) is 6.92 Å². The predicted octanol–water partition coefficient (Wildman–Crippen LogP) is 4.08. The smallest absolute Gasteiger partial charge is 0.231 e. The van der Waals surface area contributed by atoms with Gasteiger partial charge in [-0.15, -0.1) is 0 Å². The van der Waals surface area contributed by atoms with Gasteiger partial charge in [-0.25, -0.2) is 0 Å². The van der Waals surface area contributed by atoms with E-state index >= 15 is 0 Å². The highest BCUT2D eigenvalue weighted by Crippen LogP contribution is 2.48. The van der Waals surface area contributed by atoms with Gasteiger partial charge in [0.05, 0.1) is 0 Å². The van der Waals surface area contributed by atoms with Gasteiger partial charge in [0.1, 0.15) is 5.78 Å². The highest BCUT2D eigenvalue weighted by atomic mass is 16.7. The molecular formula is C19H22O3. The van der Waals surface area contributed by atoms with Crippen LogP contribution in [0, 0.1) is 17.8 Å². The van der Waals surface area contributed by atoms with Crippen LogP contribution in [-0.4, -0.2) is 12.6 Å². The van der Waals surface area contributed by atoms with E-state index in [4.69, 9.17) is 9.47 Å². The van der Waals surface area contributed by atoms with Gasteiger partial charge in [0, 0.05) is 11.8 Å². The van der Waals surface area contributed by atoms with Crippen LogP contribution >= 0.6 is 0 Å². The molecule has 0 saturated heterocycles. The Hall–Kier alpha value is -1.77. The molecular weight excluding hydrogens is 276 g/mol. The molecule has 1 saturated carbocycles. The van der Waals surface area contributed by atoms with Gasteiger partial charge in [-0.1, -0.05) is 31.1 Å². The first-order chi connectivity index (χ1) is 10.7. The lowest BCUT2D eigenvalue weighted by Crippen LogP contribution is -2.36. The number of allylic oxidation sites excluding steroid dienone is 2. The Balaban J connectivity index is 1.71. The molecule has 1 aromatic rings. The number of hydrogen-bond acceptors (Lipinski definition) is 3. The third-order valence-corrected chi connectivity index (χ3v) is 5.54. The second kappa shape index (κ2) is 5.45. The van der Waals surface area contributed by atoms with Crippen LogP contribution in [0.25, 0.3) is 0 Å². The molecule has 22 heavy (non-hydrogen) atoms. The molecule has 0 amide bonds. The fourth-order valence-electron chi connectivity index (χ4n) is 4.51. The molecule has 0 aromatic heterocycles. The maximum Gasteiger partial charge on any atom is 0.231 e. The third-order valence-electron chi connectivity index (χ3n) is 5.54. The van der Waals surface area contributed by atoms with E-state index in [1.807, 2.05) is 6.07 Å². The predicted molar refractivity (Wildman–Crippen MR) is 84.1 cm³/mol. The second-order valence-electron chi connectivity index (χ2n) is 6.77. The Morgan fingerprint density at radius 2 is 1.91 bits per heavy atom. The van der Waals surface area contributed by atoms with Crippen LogP contribution < -0.4 is 9.47 Å². The van der Waals surface area contributed by atoms with Crippen LogP contribution in [0.15, 0.2) is 30.4 Å². The highest BCUT2D eigenvalue weighted by molar-refractivity contribution is 5.80. The van der Waals surface area contributed by atoms with Crippen molar-refractivity contribution < 1.29 is 14.3 Å². The van der Waals surface area contributed by atoms with E-state index in [2.05, 4.69) is 24.3 Å². The lowest BCUT2D eigenvalue weighted by molar-refractivity contribution is -0.124. The van der Waals surface area contributed by atoms with Crippen molar-refractivity contribution in [2.24, 2.45) is 17.8 Å². The zero-order valence-electron chi connectivity index (χ0n) is 13.0. The average molecular weight is 298 g/mol. The lowest BCUT2D eigenvalue weighted by Gasteiger charge is -2.41. The molecule has 3 nitrogen and oxygen atoms in total. The summed E-state index contributed by atoms with van der Waals surface area (Å²) in [6, 6.07) is 6.10. The molecule has 0 N–H and O–H groups in total. The van der Waals surface area contributed by atoms with Crippen molar-refractivity contribution in [1.29, 1.82) is 0 Å². The van der Waals surface area contributed by atoms with E-state index in [1.165, 1.54) is 31.2 Å². The molecule has 3 aliphatic rings. The second-order valence-corrected chi connectivity index (χ2v) is 6.77. The maximum atomic E-state index is 12.4. The number of rotatable bonds is 2. The Morgan fingerprint density at radius 3 is 2.77 bits per heavy atom. The molecule has 1 fully saturated rings. The van der Waals surface area contributed by atoms with Gasteiger partial charge >= 0.3 is 0 Å². The Kier molecular flexibility index (Phi) is 3.44. The summed E-state index contributed by atoms with van der Waals surface area (Å²) in [5.41, 5.74) is 1.17. The topological polar surface area (TPSA) is 35.5 Å². The maximum absolute atomic E-state index is 12.4. The van der Waals surface area contributed by atoms with E-state index in [0.29, 0.717) is 24.4 Å². The summed E-state index contributed by atoms with van der Waals surface area (Å²) < 4.78 is 10.9. The number of fused-ring (bicyclic) bond motifs is 2. The number of carbonyl (C=O) groups is 1. The minimum Gasteiger partial charge on any atom is -0.454 e. The first kappa shape index (κ1) is 13.9. The van der Waals surface area contributed by atoms with Crippen LogP contribution in [0.2, 0.25) is 0 Å². The molecule has 2 aliphatic carbocycles. The normalized spacial score (nSPS) is 32.6. The van der Waals surface area contributed by atoms with Crippen LogP contribution in [0.5, 0.6) is 11.5 Å². The molecule has 1 aliphatic heterocycles. The summed E-state index contributed by atoms with van der Waals surface area (Å²) in [5.74, 6) is 3.31. The highest BCUT2D eigenvalue weighted by Gasteiger charge is 2.40. The zero-order chi connectivity index (χ0) is 15.1. The summed E-state index contributed by atoms with van der Waals surface area (Å²) in [5, 5.41) is 0. The number of carbonyl (C=O) groups excluding carboxylic acids is 1. The summed E-state index contributed by atoms with van der Waals surface area (Å²) in [6.07, 6.45) is 9.59. The molecule has 0 bridgehead atoms. The fourth-order valence-corrected chi connectivity index (χ4v) is 4.51. The van der Waals surface area contributed by atoms with E-state index in [0.717, 1.165) is 11.5 Å². The van der Waals surface area contributed by atoms with Crippen LogP contribution in [-0.2, 0) is 4.79 Å². The number of ether oxygens (including phenoxy) is 2. The Labute approximate surface area is 131 Å². The van der Waals surface area contributed by atoms with E-state index < -0.39 is 0 Å². The first-order valence-electron chi connectivity index (χ1n) is 8.32. The van der Waals surface area contributed by atoms with E-state index in [-0.39, 0.29) is 11.8 Å². The van der Waals surface area contributed by atoms with Crippen LogP contribution in [0.4, 0.5) is 0 Å². The quantitative estimate of drug-likeness (QED) is 0.772. The van der Waals surface area contributed by atoms with Gasteiger partial charge < -0.3 is 9.47 Å². The SMILES string of the molecule is CC(=O)[C@H]1[C@@H]2CCCC[C@H]2C=C[C@H]1c1ccc2c(c1)OCO2. The zero-order valence-corrected chi connectivity index (χ0v) is 13.0. The van der Waals surface area contributed by atoms with Crippen molar-refractivity contribution in [3.8, 4) is 11.5 Å². The third kappa shape index (κ3) is 2.23. The van der Waals surface area contributed by atoms with Crippen molar-refractivity contribution in [3.05, 3.63) is 35.9 Å². The number of benzene rings is 1. The lowest BCUT2D eigenvalue weighted by atomic mass is 9.62. The van der Waals surface area contributed by atoms with Crippen LogP contribution in [0.1, 0.15) is 44.1 Å². The van der Waals surface area contributed by atoms with E-state index in [9.17, 15) is 4.79 Å². The number of ketones is 1. The van der Waals surface area contributed by atoms with Gasteiger partial charge in [-0.3, -0.25) is 4.79 Å². The van der Waals surface area contributed by atoms with Gasteiger partial charge in [-0.05, 0) is 49.3 Å². The van der Waals surface area contributed by atoms with Gasteiger partial charge in [-0.2, -0.15) is 0 Å². The standard InChI is InChI=1S/C19H22O3/c1-12(20)19-15-5-3-2-4-13(15)6-8-16(19)14-7-9-17-18(10-14)22-11-21-17/h6-10,13,15-16,19H,2-5,11H2,1H3/t13-,15+,16-,19-/m0/s1. The van der Waals surface area contributed by atoms with Gasteiger partial charge in [0.25, 0.3) is 0 Å². The van der Waals surface area contributed by atoms with Crippen molar-refractivity contribution in [3.63, 3.8) is 0 Å². The van der Waals surface area contributed by atoms with Crippen molar-refractivity contribution in [2.75, 3.05) is 6.79 Å². The summed E-state index contributed by atoms with van der Waals surface area (Å²) in [7, 11) is 0. The molecule has 4 rings (SSSR count). The average Bonchev–Trinajstić information content (AvgIpc) is 3.01. The minimum absolute atomic E-state index is 0.107. The molecule has 0 unspecified atom stereocenters. The summed E-state index contributed by atoms with van der Waals surface area (Å²) in [6.45, 7) is 2.05. The van der Waals surface area contributed by atoms with Crippen molar-refractivity contribution in [2.45, 2.75) is 38.5 Å². The Morgan fingerprint density at radius 1 is 1.09 bits per heavy atom. The molecule has 4 atom stereocenters. The molecule has 0 spiro atoms. The van der Waals surface area contributed by atoms with Gasteiger partial charge in [0.2, 0.25) is 6.79 Å². The summed E-state index contributed by atoms with van der Waals surface area (Å²) >= 11 is 0. The molecule has 0 radical (unpaired) electrons. The molecule has 116 valence electrons. The van der Waals surface area contributed by atoms with Crippen LogP contribution in [0.3, 0.4) is 0 Å². The van der Waals surface area contributed by atoms with Gasteiger partial charge in [0.15, 0.2) is 11.5 Å². The number of Topliss-reactive ketones (excluding diaryl/α,β-unsaturated/α-hetero) is 1. The van der Waals surface area contributed by atoms with Crippen molar-refractivity contribution >= 4 is 5.78 Å². The number of hydrogen-bond donors (Lipinski definition) is 0. The largest absolute Gasteiger partial charge is 0.454 e. The van der Waals surface area contributed by atoms with Crippen molar-refractivity contribution in [1.82, 2.24) is 0 Å². The molecule has 1 aromatic carbocycles. The summed E-state index contributed by atoms with van der Waals surface area (Å²) in [4.78, 5) is 12.4. The molecule has 1 heterocycles.